The Morgan fingerprint density at radius 3 is 2.57 bits per heavy atom. The second-order valence-electron chi connectivity index (χ2n) is 4.62. The zero-order chi connectivity index (χ0) is 10.3. The van der Waals surface area contributed by atoms with Gasteiger partial charge in [0.25, 0.3) is 0 Å². The van der Waals surface area contributed by atoms with Crippen LogP contribution >= 0.6 is 0 Å². The van der Waals surface area contributed by atoms with E-state index in [4.69, 9.17) is 0 Å². The summed E-state index contributed by atoms with van der Waals surface area (Å²) in [5, 5.41) is 9.82. The summed E-state index contributed by atoms with van der Waals surface area (Å²) in [6.45, 7) is 6.41. The van der Waals surface area contributed by atoms with Gasteiger partial charge in [-0.1, -0.05) is 6.92 Å². The van der Waals surface area contributed by atoms with Gasteiger partial charge in [0, 0.05) is 11.4 Å². The van der Waals surface area contributed by atoms with Gasteiger partial charge in [0.2, 0.25) is 0 Å². The van der Waals surface area contributed by atoms with Gasteiger partial charge in [-0.2, -0.15) is 0 Å². The molecule has 0 amide bonds. The monoisotopic (exact) mass is 193 g/mol. The van der Waals surface area contributed by atoms with Crippen LogP contribution < -0.4 is 0 Å². The Balaban J connectivity index is 2.39. The molecule has 2 rings (SSSR count). The molecule has 0 aromatic carbocycles. The van der Waals surface area contributed by atoms with E-state index in [1.807, 2.05) is 0 Å². The van der Waals surface area contributed by atoms with E-state index in [9.17, 15) is 5.11 Å². The second kappa shape index (κ2) is 3.43. The average molecular weight is 193 g/mol. The molecular formula is C12H19NO. The van der Waals surface area contributed by atoms with E-state index >= 15 is 0 Å². The van der Waals surface area contributed by atoms with E-state index in [0.29, 0.717) is 5.92 Å². The SMILES string of the molecule is Cc1[nH]c(C)c2c1CCC(O)C(C)C2. The number of hydrogen-bond acceptors (Lipinski definition) is 1. The van der Waals surface area contributed by atoms with Crippen LogP contribution in [-0.4, -0.2) is 16.2 Å². The summed E-state index contributed by atoms with van der Waals surface area (Å²) in [6, 6.07) is 0. The number of aromatic nitrogens is 1. The molecule has 1 aromatic rings. The summed E-state index contributed by atoms with van der Waals surface area (Å²) in [5.41, 5.74) is 5.48. The first-order valence-corrected chi connectivity index (χ1v) is 5.44. The summed E-state index contributed by atoms with van der Waals surface area (Å²) in [7, 11) is 0. The van der Waals surface area contributed by atoms with Crippen LogP contribution in [0.25, 0.3) is 0 Å². The van der Waals surface area contributed by atoms with Gasteiger partial charge in [0.15, 0.2) is 0 Å². The molecule has 0 radical (unpaired) electrons. The lowest BCUT2D eigenvalue weighted by molar-refractivity contribution is 0.111. The van der Waals surface area contributed by atoms with Crippen LogP contribution in [0.15, 0.2) is 0 Å². The number of hydrogen-bond donors (Lipinski definition) is 2. The zero-order valence-electron chi connectivity index (χ0n) is 9.22. The minimum Gasteiger partial charge on any atom is -0.393 e. The van der Waals surface area contributed by atoms with Crippen molar-refractivity contribution in [1.82, 2.24) is 4.98 Å². The molecule has 1 aromatic heterocycles. The number of H-pyrrole nitrogens is 1. The molecule has 2 heteroatoms. The number of aryl methyl sites for hydroxylation is 2. The summed E-state index contributed by atoms with van der Waals surface area (Å²) >= 11 is 0. The van der Waals surface area contributed by atoms with Crippen LogP contribution in [0.2, 0.25) is 0 Å². The van der Waals surface area contributed by atoms with E-state index in [2.05, 4.69) is 25.8 Å². The molecule has 0 aliphatic heterocycles. The fourth-order valence-electron chi connectivity index (χ4n) is 2.53. The third kappa shape index (κ3) is 1.48. The molecule has 78 valence electrons. The Kier molecular flexibility index (Phi) is 2.40. The minimum absolute atomic E-state index is 0.124. The molecule has 0 saturated heterocycles. The van der Waals surface area contributed by atoms with Crippen molar-refractivity contribution in [2.45, 2.75) is 46.1 Å². The molecule has 2 unspecified atom stereocenters. The molecule has 2 N–H and O–H groups in total. The lowest BCUT2D eigenvalue weighted by atomic mass is 9.97. The third-order valence-electron chi connectivity index (χ3n) is 3.52. The smallest absolute Gasteiger partial charge is 0.0572 e. The van der Waals surface area contributed by atoms with Gasteiger partial charge in [0.05, 0.1) is 6.10 Å². The van der Waals surface area contributed by atoms with Crippen molar-refractivity contribution in [2.24, 2.45) is 5.92 Å². The van der Waals surface area contributed by atoms with Gasteiger partial charge in [-0.3, -0.25) is 0 Å². The Morgan fingerprint density at radius 1 is 1.21 bits per heavy atom. The number of aromatic amines is 1. The standard InChI is InChI=1S/C12H19NO/c1-7-6-11-9(3)13-8(2)10(11)4-5-12(7)14/h7,12-14H,4-6H2,1-3H3. The number of nitrogens with one attached hydrogen (secondary N) is 1. The first-order chi connectivity index (χ1) is 6.59. The molecule has 1 aliphatic carbocycles. The van der Waals surface area contributed by atoms with Crippen molar-refractivity contribution in [2.75, 3.05) is 0 Å². The summed E-state index contributed by atoms with van der Waals surface area (Å²) < 4.78 is 0. The van der Waals surface area contributed by atoms with E-state index in [-0.39, 0.29) is 6.10 Å². The highest BCUT2D eigenvalue weighted by atomic mass is 16.3. The third-order valence-corrected chi connectivity index (χ3v) is 3.52. The van der Waals surface area contributed by atoms with Gasteiger partial charge in [-0.15, -0.1) is 0 Å². The van der Waals surface area contributed by atoms with Crippen LogP contribution in [0, 0.1) is 19.8 Å². The maximum Gasteiger partial charge on any atom is 0.0572 e. The van der Waals surface area contributed by atoms with E-state index < -0.39 is 0 Å². The molecule has 1 heterocycles. The number of rotatable bonds is 0. The van der Waals surface area contributed by atoms with Crippen LogP contribution in [-0.2, 0) is 12.8 Å². The predicted molar refractivity (Wildman–Crippen MR) is 57.5 cm³/mol. The molecular weight excluding hydrogens is 174 g/mol. The largest absolute Gasteiger partial charge is 0.393 e. The Hall–Kier alpha value is -0.760. The number of aliphatic hydroxyl groups excluding tert-OH is 1. The number of fused-ring (bicyclic) bond motifs is 1. The lowest BCUT2D eigenvalue weighted by Gasteiger charge is -2.14. The fourth-order valence-corrected chi connectivity index (χ4v) is 2.53. The van der Waals surface area contributed by atoms with Crippen molar-refractivity contribution >= 4 is 0 Å². The van der Waals surface area contributed by atoms with Crippen molar-refractivity contribution < 1.29 is 5.11 Å². The maximum absolute atomic E-state index is 9.82. The summed E-state index contributed by atoms with van der Waals surface area (Å²) in [5.74, 6) is 0.394. The highest BCUT2D eigenvalue weighted by molar-refractivity contribution is 5.37. The summed E-state index contributed by atoms with van der Waals surface area (Å²) in [4.78, 5) is 3.40. The maximum atomic E-state index is 9.82. The zero-order valence-corrected chi connectivity index (χ0v) is 9.22. The Labute approximate surface area is 85.3 Å². The molecule has 14 heavy (non-hydrogen) atoms. The quantitative estimate of drug-likeness (QED) is 0.608. The Morgan fingerprint density at radius 2 is 1.86 bits per heavy atom. The molecule has 0 spiro atoms. The normalized spacial score (nSPS) is 27.1. The topological polar surface area (TPSA) is 36.0 Å². The van der Waals surface area contributed by atoms with Crippen molar-refractivity contribution in [3.8, 4) is 0 Å². The van der Waals surface area contributed by atoms with Gasteiger partial charge in [-0.25, -0.2) is 0 Å². The first kappa shape index (κ1) is 9.78. The number of aliphatic hydroxyl groups is 1. The van der Waals surface area contributed by atoms with E-state index in [1.165, 1.54) is 22.5 Å². The van der Waals surface area contributed by atoms with Crippen molar-refractivity contribution in [3.63, 3.8) is 0 Å². The second-order valence-corrected chi connectivity index (χ2v) is 4.62. The van der Waals surface area contributed by atoms with Gasteiger partial charge in [-0.05, 0) is 50.2 Å². The molecule has 0 fully saturated rings. The summed E-state index contributed by atoms with van der Waals surface area (Å²) in [6.07, 6.45) is 2.83. The van der Waals surface area contributed by atoms with Gasteiger partial charge < -0.3 is 10.1 Å². The van der Waals surface area contributed by atoms with Crippen LogP contribution in [0.3, 0.4) is 0 Å². The van der Waals surface area contributed by atoms with E-state index in [1.54, 1.807) is 0 Å². The van der Waals surface area contributed by atoms with Gasteiger partial charge >= 0.3 is 0 Å². The van der Waals surface area contributed by atoms with Crippen LogP contribution in [0.1, 0.15) is 35.9 Å². The molecule has 1 aliphatic rings. The molecule has 2 nitrogen and oxygen atoms in total. The predicted octanol–water partition coefficient (Wildman–Crippen LogP) is 2.12. The average Bonchev–Trinajstić information content (AvgIpc) is 2.31. The Bertz CT molecular complexity index is 340. The van der Waals surface area contributed by atoms with Gasteiger partial charge in [0.1, 0.15) is 0 Å². The highest BCUT2D eigenvalue weighted by Crippen LogP contribution is 2.29. The lowest BCUT2D eigenvalue weighted by Crippen LogP contribution is -2.17. The highest BCUT2D eigenvalue weighted by Gasteiger charge is 2.24. The van der Waals surface area contributed by atoms with E-state index in [0.717, 1.165) is 19.3 Å². The molecule has 0 saturated carbocycles. The molecule has 2 atom stereocenters. The fraction of sp³-hybridized carbons (Fsp3) is 0.667. The molecule has 0 bridgehead atoms. The first-order valence-electron chi connectivity index (χ1n) is 5.44. The van der Waals surface area contributed by atoms with Crippen LogP contribution in [0.4, 0.5) is 0 Å². The van der Waals surface area contributed by atoms with Crippen molar-refractivity contribution in [3.05, 3.63) is 22.5 Å². The van der Waals surface area contributed by atoms with Crippen LogP contribution in [0.5, 0.6) is 0 Å². The minimum atomic E-state index is -0.124. The van der Waals surface area contributed by atoms with Crippen molar-refractivity contribution in [1.29, 1.82) is 0 Å².